The van der Waals surface area contributed by atoms with Gasteiger partial charge in [-0.05, 0) is 30.4 Å². The summed E-state index contributed by atoms with van der Waals surface area (Å²) in [5.74, 6) is 0.184. The molecule has 138 valence electrons. The van der Waals surface area contributed by atoms with Crippen LogP contribution in [0.25, 0.3) is 0 Å². The van der Waals surface area contributed by atoms with Crippen LogP contribution >= 0.6 is 0 Å². The molecule has 25 heavy (non-hydrogen) atoms. The van der Waals surface area contributed by atoms with Gasteiger partial charge in [0, 0.05) is 52.8 Å². The Morgan fingerprint density at radius 1 is 1.16 bits per heavy atom. The number of ether oxygens (including phenoxy) is 1. The van der Waals surface area contributed by atoms with Crippen molar-refractivity contribution < 1.29 is 9.53 Å². The first kappa shape index (κ1) is 18.4. The lowest BCUT2D eigenvalue weighted by Gasteiger charge is -2.34. The van der Waals surface area contributed by atoms with Crippen LogP contribution in [0.3, 0.4) is 0 Å². The van der Waals surface area contributed by atoms with Crippen LogP contribution in [0.1, 0.15) is 36.4 Å². The minimum atomic E-state index is 0.184. The molecule has 1 aliphatic heterocycles. The van der Waals surface area contributed by atoms with Crippen molar-refractivity contribution in [3.05, 3.63) is 35.4 Å². The molecular weight excluding hydrogens is 314 g/mol. The smallest absolute Gasteiger partial charge is 0.221 e. The molecule has 1 saturated heterocycles. The van der Waals surface area contributed by atoms with Crippen molar-refractivity contribution in [2.75, 3.05) is 53.0 Å². The third kappa shape index (κ3) is 5.27. The van der Waals surface area contributed by atoms with Gasteiger partial charge in [-0.25, -0.2) is 0 Å². The van der Waals surface area contributed by atoms with Crippen LogP contribution in [0.15, 0.2) is 24.3 Å². The average Bonchev–Trinajstić information content (AvgIpc) is 2.66. The number of hydrogen-bond acceptors (Lipinski definition) is 4. The summed E-state index contributed by atoms with van der Waals surface area (Å²) in [6.45, 7) is 6.89. The van der Waals surface area contributed by atoms with E-state index in [1.165, 1.54) is 11.1 Å². The van der Waals surface area contributed by atoms with Crippen LogP contribution in [0, 0.1) is 0 Å². The van der Waals surface area contributed by atoms with Crippen molar-refractivity contribution in [3.8, 4) is 0 Å². The molecule has 5 heteroatoms. The minimum absolute atomic E-state index is 0.184. The van der Waals surface area contributed by atoms with Crippen molar-refractivity contribution in [1.29, 1.82) is 0 Å². The van der Waals surface area contributed by atoms with E-state index in [0.29, 0.717) is 6.42 Å². The van der Waals surface area contributed by atoms with Crippen molar-refractivity contribution in [1.82, 2.24) is 15.1 Å². The van der Waals surface area contributed by atoms with E-state index in [1.54, 1.807) is 7.11 Å². The molecule has 0 bridgehead atoms. The van der Waals surface area contributed by atoms with Crippen molar-refractivity contribution >= 4 is 5.91 Å². The summed E-state index contributed by atoms with van der Waals surface area (Å²) in [5, 5.41) is 3.26. The molecule has 1 N–H and O–H groups in total. The zero-order valence-electron chi connectivity index (χ0n) is 15.4. The van der Waals surface area contributed by atoms with Crippen LogP contribution in [-0.2, 0) is 16.0 Å². The molecular formula is C20H31N3O2. The molecule has 5 nitrogen and oxygen atoms in total. The second kappa shape index (κ2) is 9.32. The normalized spacial score (nSPS) is 21.7. The molecule has 1 heterocycles. The number of rotatable bonds is 7. The maximum absolute atomic E-state index is 12.4. The molecule has 0 saturated carbocycles. The molecule has 1 aromatic rings. The topological polar surface area (TPSA) is 44.8 Å². The molecule has 0 spiro atoms. The lowest BCUT2D eigenvalue weighted by molar-refractivity contribution is -0.122. The highest BCUT2D eigenvalue weighted by Crippen LogP contribution is 2.29. The van der Waals surface area contributed by atoms with Crippen molar-refractivity contribution in [2.45, 2.75) is 31.7 Å². The largest absolute Gasteiger partial charge is 0.383 e. The minimum Gasteiger partial charge on any atom is -0.383 e. The Balaban J connectivity index is 1.39. The zero-order chi connectivity index (χ0) is 17.5. The Morgan fingerprint density at radius 2 is 1.88 bits per heavy atom. The molecule has 1 aromatic carbocycles. The predicted molar refractivity (Wildman–Crippen MR) is 99.6 cm³/mol. The maximum Gasteiger partial charge on any atom is 0.221 e. The van der Waals surface area contributed by atoms with Crippen LogP contribution in [0.2, 0.25) is 0 Å². The van der Waals surface area contributed by atoms with Gasteiger partial charge in [-0.2, -0.15) is 0 Å². The summed E-state index contributed by atoms with van der Waals surface area (Å²) in [7, 11) is 1.75. The summed E-state index contributed by atoms with van der Waals surface area (Å²) in [4.78, 5) is 17.2. The van der Waals surface area contributed by atoms with Crippen molar-refractivity contribution in [2.24, 2.45) is 0 Å². The Kier molecular flexibility index (Phi) is 6.84. The molecule has 1 atom stereocenters. The van der Waals surface area contributed by atoms with Gasteiger partial charge in [0.25, 0.3) is 0 Å². The molecule has 0 radical (unpaired) electrons. The van der Waals surface area contributed by atoms with E-state index in [1.807, 2.05) is 0 Å². The SMILES string of the molecule is COCCN1CCN(CCC(=O)N[C@@H]2CCCc3ccccc32)CC1. The van der Waals surface area contributed by atoms with Gasteiger partial charge in [-0.1, -0.05) is 24.3 Å². The summed E-state index contributed by atoms with van der Waals surface area (Å²) in [5.41, 5.74) is 2.71. The number of piperazine rings is 1. The van der Waals surface area contributed by atoms with Gasteiger partial charge >= 0.3 is 0 Å². The van der Waals surface area contributed by atoms with Gasteiger partial charge in [0.05, 0.1) is 12.6 Å². The molecule has 0 unspecified atom stereocenters. The number of amides is 1. The molecule has 1 aliphatic carbocycles. The highest BCUT2D eigenvalue weighted by molar-refractivity contribution is 5.76. The maximum atomic E-state index is 12.4. The van der Waals surface area contributed by atoms with Gasteiger partial charge in [0.2, 0.25) is 5.91 Å². The van der Waals surface area contributed by atoms with E-state index < -0.39 is 0 Å². The Morgan fingerprint density at radius 3 is 2.64 bits per heavy atom. The summed E-state index contributed by atoms with van der Waals surface area (Å²) >= 11 is 0. The summed E-state index contributed by atoms with van der Waals surface area (Å²) in [6, 6.07) is 8.72. The van der Waals surface area contributed by atoms with E-state index in [9.17, 15) is 4.79 Å². The van der Waals surface area contributed by atoms with Crippen LogP contribution in [-0.4, -0.2) is 68.7 Å². The fourth-order valence-corrected chi connectivity index (χ4v) is 3.89. The molecule has 3 rings (SSSR count). The molecule has 0 aromatic heterocycles. The van der Waals surface area contributed by atoms with Crippen LogP contribution in [0.4, 0.5) is 0 Å². The lowest BCUT2D eigenvalue weighted by atomic mass is 9.87. The number of benzene rings is 1. The number of carbonyl (C=O) groups is 1. The first-order valence-electron chi connectivity index (χ1n) is 9.57. The van der Waals surface area contributed by atoms with Crippen LogP contribution in [0.5, 0.6) is 0 Å². The van der Waals surface area contributed by atoms with Crippen LogP contribution < -0.4 is 5.32 Å². The van der Waals surface area contributed by atoms with E-state index in [-0.39, 0.29) is 11.9 Å². The molecule has 1 amide bonds. The number of aryl methyl sites for hydroxylation is 1. The number of carbonyl (C=O) groups excluding carboxylic acids is 1. The Bertz CT molecular complexity index is 556. The van der Waals surface area contributed by atoms with E-state index in [4.69, 9.17) is 4.74 Å². The fraction of sp³-hybridized carbons (Fsp3) is 0.650. The predicted octanol–water partition coefficient (Wildman–Crippen LogP) is 1.83. The first-order valence-corrected chi connectivity index (χ1v) is 9.57. The Hall–Kier alpha value is -1.43. The third-order valence-corrected chi connectivity index (χ3v) is 5.44. The second-order valence-corrected chi connectivity index (χ2v) is 7.14. The quantitative estimate of drug-likeness (QED) is 0.819. The standard InChI is InChI=1S/C20H31N3O2/c1-25-16-15-23-13-11-22(12-14-23)10-9-20(24)21-19-8-4-6-17-5-2-3-7-18(17)19/h2-3,5,7,19H,4,6,8-16H2,1H3,(H,21,24)/t19-/m1/s1. The number of nitrogens with zero attached hydrogens (tertiary/aromatic N) is 2. The number of nitrogens with one attached hydrogen (secondary N) is 1. The van der Waals surface area contributed by atoms with Crippen molar-refractivity contribution in [3.63, 3.8) is 0 Å². The Labute approximate surface area is 151 Å². The zero-order valence-corrected chi connectivity index (χ0v) is 15.4. The third-order valence-electron chi connectivity index (χ3n) is 5.44. The van der Waals surface area contributed by atoms with Gasteiger partial charge in [0.1, 0.15) is 0 Å². The number of fused-ring (bicyclic) bond motifs is 1. The second-order valence-electron chi connectivity index (χ2n) is 7.14. The first-order chi connectivity index (χ1) is 12.3. The highest BCUT2D eigenvalue weighted by Gasteiger charge is 2.22. The van der Waals surface area contributed by atoms with Gasteiger partial charge in [-0.15, -0.1) is 0 Å². The number of hydrogen-bond donors (Lipinski definition) is 1. The monoisotopic (exact) mass is 345 g/mol. The van der Waals surface area contributed by atoms with Gasteiger partial charge in [0.15, 0.2) is 0 Å². The lowest BCUT2D eigenvalue weighted by Crippen LogP contribution is -2.48. The van der Waals surface area contributed by atoms with E-state index >= 15 is 0 Å². The van der Waals surface area contributed by atoms with Gasteiger partial charge < -0.3 is 15.0 Å². The fourth-order valence-electron chi connectivity index (χ4n) is 3.89. The van der Waals surface area contributed by atoms with E-state index in [2.05, 4.69) is 39.4 Å². The average molecular weight is 345 g/mol. The number of methoxy groups -OCH3 is 1. The summed E-state index contributed by atoms with van der Waals surface area (Å²) < 4.78 is 5.14. The van der Waals surface area contributed by atoms with E-state index in [0.717, 1.165) is 65.1 Å². The summed E-state index contributed by atoms with van der Waals surface area (Å²) in [6.07, 6.45) is 3.94. The molecule has 2 aliphatic rings. The van der Waals surface area contributed by atoms with Gasteiger partial charge in [-0.3, -0.25) is 9.69 Å². The molecule has 1 fully saturated rings. The highest BCUT2D eigenvalue weighted by atomic mass is 16.5.